The van der Waals surface area contributed by atoms with Gasteiger partial charge in [0.2, 0.25) is 0 Å². The number of epoxide rings is 1. The maximum absolute atomic E-state index is 13.6. The van der Waals surface area contributed by atoms with E-state index in [0.717, 1.165) is 27.7 Å². The molecule has 0 aromatic carbocycles. The fourth-order valence-corrected chi connectivity index (χ4v) is 7.80. The molecule has 2 aliphatic heterocycles. The zero-order chi connectivity index (χ0) is 39.6. The highest BCUT2D eigenvalue weighted by molar-refractivity contribution is 5.78. The first kappa shape index (κ1) is 41.4. The van der Waals surface area contributed by atoms with Crippen LogP contribution in [-0.2, 0) is 76.2 Å². The molecule has 4 aliphatic rings. The van der Waals surface area contributed by atoms with E-state index in [9.17, 15) is 38.7 Å². The summed E-state index contributed by atoms with van der Waals surface area (Å²) in [6.45, 7) is 9.45. The van der Waals surface area contributed by atoms with Crippen molar-refractivity contribution in [3.8, 4) is 0 Å². The molecule has 3 fully saturated rings. The molecule has 1 spiro atoms. The molecular weight excluding hydrogens is 704 g/mol. The molecule has 294 valence electrons. The topological polar surface area (TPSA) is 226 Å². The number of esters is 7. The number of ether oxygens (including phenoxy) is 9. The monoisotopic (exact) mass is 752 g/mol. The van der Waals surface area contributed by atoms with Crippen molar-refractivity contribution in [3.63, 3.8) is 0 Å². The van der Waals surface area contributed by atoms with Crippen molar-refractivity contribution in [1.29, 1.82) is 0 Å². The minimum atomic E-state index is -2.41. The van der Waals surface area contributed by atoms with E-state index < -0.39 is 113 Å². The van der Waals surface area contributed by atoms with E-state index in [1.807, 2.05) is 0 Å². The molecule has 0 radical (unpaired) electrons. The highest BCUT2D eigenvalue weighted by atomic mass is 16.7. The molecule has 2 aliphatic carbocycles. The Morgan fingerprint density at radius 2 is 1.45 bits per heavy atom. The van der Waals surface area contributed by atoms with Gasteiger partial charge in [0.05, 0.1) is 24.5 Å². The van der Waals surface area contributed by atoms with Crippen molar-refractivity contribution in [2.75, 3.05) is 26.9 Å². The summed E-state index contributed by atoms with van der Waals surface area (Å²) in [5.41, 5.74) is -5.87. The van der Waals surface area contributed by atoms with E-state index in [-0.39, 0.29) is 25.6 Å². The molecule has 1 saturated carbocycles. The van der Waals surface area contributed by atoms with Crippen LogP contribution in [-0.4, -0.2) is 122 Å². The summed E-state index contributed by atoms with van der Waals surface area (Å²) in [5, 5.41) is 12.9. The number of carbonyl (C=O) groups is 7. The van der Waals surface area contributed by atoms with Crippen LogP contribution in [0.2, 0.25) is 0 Å². The van der Waals surface area contributed by atoms with E-state index in [0.29, 0.717) is 5.57 Å². The van der Waals surface area contributed by atoms with Crippen molar-refractivity contribution in [2.45, 2.75) is 110 Å². The quantitative estimate of drug-likeness (QED) is 0.177. The lowest BCUT2D eigenvalue weighted by Gasteiger charge is -2.59. The third kappa shape index (κ3) is 8.26. The lowest BCUT2D eigenvalue weighted by Crippen LogP contribution is -2.76. The summed E-state index contributed by atoms with van der Waals surface area (Å²) in [6.07, 6.45) is -5.53. The van der Waals surface area contributed by atoms with Gasteiger partial charge < -0.3 is 47.7 Å². The van der Waals surface area contributed by atoms with Gasteiger partial charge in [-0.2, -0.15) is 0 Å². The highest BCUT2D eigenvalue weighted by Gasteiger charge is 2.81. The van der Waals surface area contributed by atoms with Crippen LogP contribution in [0.4, 0.5) is 0 Å². The van der Waals surface area contributed by atoms with Gasteiger partial charge >= 0.3 is 41.8 Å². The number of rotatable bonds is 11. The standard InChI is InChI=1S/C36H48O17/c1-17(2)12-26(41)46-15-27(42)52-24-11-10-23(14-45-9)13-25-36(44,18(3)33(43)53-25)32(51-22(7)40)29-34(24,8)30(49-20(5)38)28(48-19(4)37)31(50-21(6)39)35(29)16-47-35/h10-11,13,17-18,24-25,28-32,44H,12,14-16H2,1-9H3. The second-order valence-corrected chi connectivity index (χ2v) is 14.4. The minimum Gasteiger partial charge on any atom is -0.459 e. The van der Waals surface area contributed by atoms with Gasteiger partial charge in [-0.25, -0.2) is 4.79 Å². The molecular formula is C36H48O17. The fraction of sp³-hybridized carbons (Fsp3) is 0.694. The fourth-order valence-electron chi connectivity index (χ4n) is 7.80. The Kier molecular flexibility index (Phi) is 12.5. The van der Waals surface area contributed by atoms with Crippen LogP contribution in [0.1, 0.15) is 61.8 Å². The first-order chi connectivity index (χ1) is 24.7. The van der Waals surface area contributed by atoms with Gasteiger partial charge in [-0.3, -0.25) is 28.8 Å². The Bertz CT molecular complexity index is 1540. The molecule has 0 bridgehead atoms. The van der Waals surface area contributed by atoms with E-state index in [1.54, 1.807) is 13.8 Å². The Morgan fingerprint density at radius 3 is 1.98 bits per heavy atom. The molecule has 2 saturated heterocycles. The first-order valence-electron chi connectivity index (χ1n) is 17.2. The molecule has 0 aromatic rings. The van der Waals surface area contributed by atoms with Crippen molar-refractivity contribution < 1.29 is 81.3 Å². The predicted molar refractivity (Wildman–Crippen MR) is 176 cm³/mol. The first-order valence-corrected chi connectivity index (χ1v) is 17.2. The molecule has 17 heteroatoms. The number of hydrogen-bond acceptors (Lipinski definition) is 17. The van der Waals surface area contributed by atoms with Gasteiger partial charge in [0.15, 0.2) is 36.6 Å². The second kappa shape index (κ2) is 15.9. The molecule has 1 N–H and O–H groups in total. The smallest absolute Gasteiger partial charge is 0.344 e. The summed E-state index contributed by atoms with van der Waals surface area (Å²) < 4.78 is 51.7. The van der Waals surface area contributed by atoms with Crippen molar-refractivity contribution in [2.24, 2.45) is 23.2 Å². The summed E-state index contributed by atoms with van der Waals surface area (Å²) in [5.74, 6) is -9.13. The second-order valence-electron chi connectivity index (χ2n) is 14.4. The Balaban J connectivity index is 2.09. The van der Waals surface area contributed by atoms with Gasteiger partial charge in [0.25, 0.3) is 0 Å². The van der Waals surface area contributed by atoms with Gasteiger partial charge in [-0.1, -0.05) is 26.8 Å². The zero-order valence-corrected chi connectivity index (χ0v) is 31.2. The van der Waals surface area contributed by atoms with E-state index >= 15 is 0 Å². The molecule has 11 unspecified atom stereocenters. The van der Waals surface area contributed by atoms with Gasteiger partial charge in [0, 0.05) is 47.1 Å². The van der Waals surface area contributed by atoms with Gasteiger partial charge in [0.1, 0.15) is 17.8 Å². The normalized spacial score (nSPS) is 35.8. The number of methoxy groups -OCH3 is 1. The average Bonchev–Trinajstić information content (AvgIpc) is 3.79. The van der Waals surface area contributed by atoms with Crippen LogP contribution in [0, 0.1) is 23.2 Å². The molecule has 11 atom stereocenters. The van der Waals surface area contributed by atoms with Crippen LogP contribution in [0.15, 0.2) is 23.8 Å². The SMILES string of the molecule is COCC1=CC2OC(=O)C(C)C2(O)C(OC(C)=O)C2C3(CO3)C(OC(C)=O)C(OC(C)=O)C(OC(C)=O)C2(C)C(OC(=O)COC(=O)CC(C)C)C=C1. The van der Waals surface area contributed by atoms with E-state index in [1.165, 1.54) is 39.2 Å². The third-order valence-electron chi connectivity index (χ3n) is 10.0. The third-order valence-corrected chi connectivity index (χ3v) is 10.0. The largest absolute Gasteiger partial charge is 0.459 e. The lowest BCUT2D eigenvalue weighted by molar-refractivity contribution is -0.279. The molecule has 0 amide bonds. The molecule has 0 aromatic heterocycles. The van der Waals surface area contributed by atoms with E-state index in [2.05, 4.69) is 0 Å². The summed E-state index contributed by atoms with van der Waals surface area (Å²) in [6, 6.07) is 0. The zero-order valence-electron chi connectivity index (χ0n) is 31.2. The highest BCUT2D eigenvalue weighted by Crippen LogP contribution is 2.63. The number of aliphatic hydroxyl groups is 1. The number of fused-ring (bicyclic) bond motifs is 3. The van der Waals surface area contributed by atoms with Crippen molar-refractivity contribution >= 4 is 41.8 Å². The molecule has 17 nitrogen and oxygen atoms in total. The average molecular weight is 753 g/mol. The molecule has 4 rings (SSSR count). The van der Waals surface area contributed by atoms with Crippen LogP contribution < -0.4 is 0 Å². The number of hydrogen-bond donors (Lipinski definition) is 1. The van der Waals surface area contributed by atoms with Crippen LogP contribution >= 0.6 is 0 Å². The lowest BCUT2D eigenvalue weighted by atomic mass is 9.51. The maximum atomic E-state index is 13.6. The van der Waals surface area contributed by atoms with E-state index in [4.69, 9.17) is 42.6 Å². The summed E-state index contributed by atoms with van der Waals surface area (Å²) in [7, 11) is 1.38. The molecule has 53 heavy (non-hydrogen) atoms. The van der Waals surface area contributed by atoms with Crippen LogP contribution in [0.3, 0.4) is 0 Å². The van der Waals surface area contributed by atoms with Gasteiger partial charge in [-0.15, -0.1) is 0 Å². The Labute approximate surface area is 306 Å². The predicted octanol–water partition coefficient (Wildman–Crippen LogP) is 1.05. The molecule has 2 heterocycles. The maximum Gasteiger partial charge on any atom is 0.344 e. The van der Waals surface area contributed by atoms with Crippen molar-refractivity contribution in [3.05, 3.63) is 23.8 Å². The Hall–Kier alpha value is -4.35. The van der Waals surface area contributed by atoms with Crippen LogP contribution in [0.5, 0.6) is 0 Å². The van der Waals surface area contributed by atoms with Gasteiger partial charge in [-0.05, 0) is 30.6 Å². The summed E-state index contributed by atoms with van der Waals surface area (Å²) in [4.78, 5) is 90.7. The summed E-state index contributed by atoms with van der Waals surface area (Å²) >= 11 is 0. The minimum absolute atomic E-state index is 0.0142. The Morgan fingerprint density at radius 1 is 0.887 bits per heavy atom. The van der Waals surface area contributed by atoms with Crippen molar-refractivity contribution in [1.82, 2.24) is 0 Å². The van der Waals surface area contributed by atoms with Crippen LogP contribution in [0.25, 0.3) is 0 Å². The number of carbonyl (C=O) groups excluding carboxylic acids is 7.